The summed E-state index contributed by atoms with van der Waals surface area (Å²) in [6.07, 6.45) is -5.05. The quantitative estimate of drug-likeness (QED) is 0.707. The average Bonchev–Trinajstić information content (AvgIpc) is 3.28. The van der Waals surface area contributed by atoms with E-state index in [0.29, 0.717) is 25.4 Å². The topological polar surface area (TPSA) is 57.5 Å². The van der Waals surface area contributed by atoms with E-state index in [1.165, 1.54) is 24.3 Å². The van der Waals surface area contributed by atoms with Gasteiger partial charge in [0.1, 0.15) is 5.75 Å². The number of halogens is 3. The van der Waals surface area contributed by atoms with Crippen molar-refractivity contribution in [1.29, 1.82) is 0 Å². The molecule has 0 radical (unpaired) electrons. The second-order valence-electron chi connectivity index (χ2n) is 6.35. The summed E-state index contributed by atoms with van der Waals surface area (Å²) in [6, 6.07) is 11.5. The van der Waals surface area contributed by atoms with Crippen molar-refractivity contribution in [1.82, 2.24) is 9.78 Å². The molecule has 28 heavy (non-hydrogen) atoms. The Hall–Kier alpha value is -2.78. The van der Waals surface area contributed by atoms with Gasteiger partial charge in [-0.2, -0.15) is 5.10 Å². The maximum absolute atomic E-state index is 12.2. The molecule has 0 atom stereocenters. The van der Waals surface area contributed by atoms with Crippen LogP contribution in [0.25, 0.3) is 10.9 Å². The molecule has 2 heterocycles. The van der Waals surface area contributed by atoms with Crippen LogP contribution in [-0.2, 0) is 23.1 Å². The SMILES string of the molecule is Cn1nc(CNc2ccc(OC(F)(F)F)cc2)c2ccc(C3OCCO3)cc21. The van der Waals surface area contributed by atoms with Crippen molar-refractivity contribution in [3.8, 4) is 5.75 Å². The van der Waals surface area contributed by atoms with Crippen LogP contribution in [0, 0.1) is 0 Å². The van der Waals surface area contributed by atoms with Crippen molar-refractivity contribution < 1.29 is 27.4 Å². The number of aryl methyl sites for hydroxylation is 1. The Morgan fingerprint density at radius 1 is 1.14 bits per heavy atom. The van der Waals surface area contributed by atoms with Gasteiger partial charge in [0.25, 0.3) is 0 Å². The molecule has 3 aromatic rings. The maximum atomic E-state index is 12.2. The fourth-order valence-corrected chi connectivity index (χ4v) is 3.14. The minimum atomic E-state index is -4.70. The van der Waals surface area contributed by atoms with Crippen molar-refractivity contribution in [2.75, 3.05) is 18.5 Å². The van der Waals surface area contributed by atoms with Gasteiger partial charge in [-0.3, -0.25) is 4.68 Å². The minimum Gasteiger partial charge on any atom is -0.406 e. The molecule has 1 aliphatic heterocycles. The standard InChI is InChI=1S/C19H18F3N3O3/c1-25-17-10-12(18-26-8-9-27-18)2-7-15(17)16(24-25)11-23-13-3-5-14(6-4-13)28-19(20,21)22/h2-7,10,18,23H,8-9,11H2,1H3. The molecule has 0 amide bonds. The number of nitrogens with one attached hydrogen (secondary N) is 1. The predicted octanol–water partition coefficient (Wildman–Crippen LogP) is 4.13. The maximum Gasteiger partial charge on any atom is 0.573 e. The summed E-state index contributed by atoms with van der Waals surface area (Å²) in [7, 11) is 1.86. The van der Waals surface area contributed by atoms with Crippen molar-refractivity contribution in [3.63, 3.8) is 0 Å². The van der Waals surface area contributed by atoms with Crippen molar-refractivity contribution >= 4 is 16.6 Å². The summed E-state index contributed by atoms with van der Waals surface area (Å²) in [6.45, 7) is 1.58. The van der Waals surface area contributed by atoms with Gasteiger partial charge in [0.15, 0.2) is 6.29 Å². The first-order chi connectivity index (χ1) is 13.4. The van der Waals surface area contributed by atoms with Gasteiger partial charge in [-0.05, 0) is 30.3 Å². The Bertz CT molecular complexity index is 964. The van der Waals surface area contributed by atoms with Gasteiger partial charge in [0, 0.05) is 23.7 Å². The molecule has 0 bridgehead atoms. The first-order valence-corrected chi connectivity index (χ1v) is 8.67. The average molecular weight is 393 g/mol. The molecule has 148 valence electrons. The number of hydrogen-bond acceptors (Lipinski definition) is 5. The van der Waals surface area contributed by atoms with Gasteiger partial charge in [-0.25, -0.2) is 0 Å². The summed E-state index contributed by atoms with van der Waals surface area (Å²) in [5, 5.41) is 8.68. The highest BCUT2D eigenvalue weighted by Crippen LogP contribution is 2.28. The summed E-state index contributed by atoms with van der Waals surface area (Å²) in [5.41, 5.74) is 3.38. The van der Waals surface area contributed by atoms with Gasteiger partial charge < -0.3 is 19.5 Å². The van der Waals surface area contributed by atoms with E-state index in [4.69, 9.17) is 9.47 Å². The van der Waals surface area contributed by atoms with Gasteiger partial charge in [-0.15, -0.1) is 13.2 Å². The molecule has 0 saturated carbocycles. The molecular formula is C19H18F3N3O3. The third-order valence-corrected chi connectivity index (χ3v) is 4.39. The van der Waals surface area contributed by atoms with Crippen LogP contribution in [0.4, 0.5) is 18.9 Å². The molecule has 4 rings (SSSR count). The highest BCUT2D eigenvalue weighted by molar-refractivity contribution is 5.83. The van der Waals surface area contributed by atoms with E-state index in [-0.39, 0.29) is 12.0 Å². The van der Waals surface area contributed by atoms with Crippen LogP contribution in [0.15, 0.2) is 42.5 Å². The van der Waals surface area contributed by atoms with E-state index in [1.807, 2.05) is 25.2 Å². The Labute approximate surface area is 158 Å². The third-order valence-electron chi connectivity index (χ3n) is 4.39. The number of anilines is 1. The van der Waals surface area contributed by atoms with Crippen LogP contribution < -0.4 is 10.1 Å². The van der Waals surface area contributed by atoms with E-state index >= 15 is 0 Å². The fourth-order valence-electron chi connectivity index (χ4n) is 3.14. The van der Waals surface area contributed by atoms with Crippen LogP contribution in [0.5, 0.6) is 5.75 Å². The van der Waals surface area contributed by atoms with Crippen molar-refractivity contribution in [2.45, 2.75) is 19.2 Å². The van der Waals surface area contributed by atoms with Crippen molar-refractivity contribution in [2.24, 2.45) is 7.05 Å². The zero-order chi connectivity index (χ0) is 19.7. The van der Waals surface area contributed by atoms with E-state index in [1.54, 1.807) is 4.68 Å². The van der Waals surface area contributed by atoms with Crippen LogP contribution in [0.2, 0.25) is 0 Å². The van der Waals surface area contributed by atoms with Crippen LogP contribution in [-0.4, -0.2) is 29.4 Å². The molecule has 1 aliphatic rings. The number of rotatable bonds is 5. The minimum absolute atomic E-state index is 0.259. The lowest BCUT2D eigenvalue weighted by Gasteiger charge is -2.10. The lowest BCUT2D eigenvalue weighted by Crippen LogP contribution is -2.17. The Kier molecular flexibility index (Phi) is 4.86. The Morgan fingerprint density at radius 3 is 2.54 bits per heavy atom. The molecular weight excluding hydrogens is 375 g/mol. The van der Waals surface area contributed by atoms with E-state index in [2.05, 4.69) is 15.2 Å². The zero-order valence-electron chi connectivity index (χ0n) is 15.0. The highest BCUT2D eigenvalue weighted by Gasteiger charge is 2.31. The van der Waals surface area contributed by atoms with E-state index < -0.39 is 6.36 Å². The van der Waals surface area contributed by atoms with Crippen LogP contribution in [0.3, 0.4) is 0 Å². The highest BCUT2D eigenvalue weighted by atomic mass is 19.4. The first kappa shape index (κ1) is 18.6. The smallest absolute Gasteiger partial charge is 0.406 e. The Balaban J connectivity index is 1.47. The molecule has 9 heteroatoms. The molecule has 1 N–H and O–H groups in total. The first-order valence-electron chi connectivity index (χ1n) is 8.67. The third kappa shape index (κ3) is 4.05. The van der Waals surface area contributed by atoms with Gasteiger partial charge in [-0.1, -0.05) is 12.1 Å². The van der Waals surface area contributed by atoms with Crippen LogP contribution in [0.1, 0.15) is 17.5 Å². The number of fused-ring (bicyclic) bond motifs is 1. The number of ether oxygens (including phenoxy) is 3. The second-order valence-corrected chi connectivity index (χ2v) is 6.35. The second kappa shape index (κ2) is 7.33. The molecule has 6 nitrogen and oxygen atoms in total. The molecule has 0 spiro atoms. The molecule has 1 fully saturated rings. The summed E-state index contributed by atoms with van der Waals surface area (Å²) < 4.78 is 53.4. The summed E-state index contributed by atoms with van der Waals surface area (Å²) in [4.78, 5) is 0. The molecule has 2 aromatic carbocycles. The van der Waals surface area contributed by atoms with E-state index in [9.17, 15) is 13.2 Å². The molecule has 1 saturated heterocycles. The van der Waals surface area contributed by atoms with Gasteiger partial charge >= 0.3 is 6.36 Å². The molecule has 0 unspecified atom stereocenters. The number of nitrogens with zero attached hydrogens (tertiary/aromatic N) is 2. The summed E-state index contributed by atoms with van der Waals surface area (Å²) >= 11 is 0. The monoisotopic (exact) mass is 393 g/mol. The van der Waals surface area contributed by atoms with Crippen molar-refractivity contribution in [3.05, 3.63) is 53.7 Å². The number of aromatic nitrogens is 2. The predicted molar refractivity (Wildman–Crippen MR) is 95.8 cm³/mol. The zero-order valence-corrected chi connectivity index (χ0v) is 15.0. The van der Waals surface area contributed by atoms with Gasteiger partial charge in [0.05, 0.1) is 31.0 Å². The lowest BCUT2D eigenvalue weighted by atomic mass is 10.1. The molecule has 1 aromatic heterocycles. The summed E-state index contributed by atoms with van der Waals surface area (Å²) in [5.74, 6) is -0.259. The lowest BCUT2D eigenvalue weighted by molar-refractivity contribution is -0.274. The normalized spacial score (nSPS) is 15.3. The Morgan fingerprint density at radius 2 is 1.86 bits per heavy atom. The molecule has 0 aliphatic carbocycles. The fraction of sp³-hybridized carbons (Fsp3) is 0.316. The van der Waals surface area contributed by atoms with E-state index in [0.717, 1.165) is 22.2 Å². The number of benzene rings is 2. The number of hydrogen-bond donors (Lipinski definition) is 1. The number of alkyl halides is 3. The largest absolute Gasteiger partial charge is 0.573 e. The van der Waals surface area contributed by atoms with Crippen LogP contribution >= 0.6 is 0 Å². The van der Waals surface area contributed by atoms with Gasteiger partial charge in [0.2, 0.25) is 0 Å².